The first-order valence-electron chi connectivity index (χ1n) is 14.0. The fourth-order valence-electron chi connectivity index (χ4n) is 5.51. The quantitative estimate of drug-likeness (QED) is 0.202. The molecule has 0 amide bonds. The van der Waals surface area contributed by atoms with E-state index in [9.17, 15) is 0 Å². The average molecular weight is 547 g/mol. The van der Waals surface area contributed by atoms with Crippen molar-refractivity contribution in [2.24, 2.45) is 4.99 Å². The van der Waals surface area contributed by atoms with Crippen molar-refractivity contribution in [2.75, 3.05) is 0 Å². The number of rotatable bonds is 4. The van der Waals surface area contributed by atoms with E-state index in [1.165, 1.54) is 42.9 Å². The van der Waals surface area contributed by atoms with Crippen LogP contribution >= 0.6 is 11.3 Å². The Kier molecular flexibility index (Phi) is 6.25. The molecule has 1 heterocycles. The molecule has 0 saturated heterocycles. The molecule has 7 aromatic rings. The first-order chi connectivity index (χ1) is 20.0. The van der Waals surface area contributed by atoms with Crippen LogP contribution in [0.5, 0.6) is 0 Å². The van der Waals surface area contributed by atoms with Crippen molar-refractivity contribution in [3.05, 3.63) is 132 Å². The van der Waals surface area contributed by atoms with Crippen LogP contribution in [0.4, 0.5) is 5.69 Å². The number of aliphatic imine (C=N–C) groups is 1. The Morgan fingerprint density at radius 3 is 2.07 bits per heavy atom. The molecule has 2 nitrogen and oxygen atoms in total. The van der Waals surface area contributed by atoms with Gasteiger partial charge in [-0.1, -0.05) is 118 Å². The van der Waals surface area contributed by atoms with E-state index >= 15 is 0 Å². The first-order valence-corrected chi connectivity index (χ1v) is 14.8. The van der Waals surface area contributed by atoms with Gasteiger partial charge in [0.2, 0.25) is 0 Å². The molecule has 0 atom stereocenters. The summed E-state index contributed by atoms with van der Waals surface area (Å²) in [5, 5.41) is 5.88. The fourth-order valence-corrected chi connectivity index (χ4v) is 6.58. The molecule has 0 saturated carbocycles. The highest BCUT2D eigenvalue weighted by Gasteiger charge is 2.21. The lowest BCUT2D eigenvalue weighted by Gasteiger charge is -2.20. The molecule has 0 N–H and O–H groups in total. The molecule has 0 fully saturated rings. The second kappa shape index (κ2) is 10.1. The topological polar surface area (TPSA) is 25.2 Å². The van der Waals surface area contributed by atoms with Crippen molar-refractivity contribution in [1.82, 2.24) is 4.98 Å². The number of benzene rings is 6. The van der Waals surface area contributed by atoms with Crippen LogP contribution in [-0.2, 0) is 5.41 Å². The number of hydrogen-bond acceptors (Lipinski definition) is 3. The van der Waals surface area contributed by atoms with Crippen LogP contribution in [0.25, 0.3) is 53.5 Å². The average Bonchev–Trinajstić information content (AvgIpc) is 3.43. The van der Waals surface area contributed by atoms with E-state index in [4.69, 9.17) is 9.98 Å². The molecule has 3 heteroatoms. The van der Waals surface area contributed by atoms with Gasteiger partial charge in [0.1, 0.15) is 5.01 Å². The summed E-state index contributed by atoms with van der Waals surface area (Å²) in [6.45, 7) is 6.83. The SMILES string of the molecule is CC(C)(C)c1cc(-c2cccc3ccccc23)c2nc(-c3ccccc3N=Cc3cccc4ccccc34)sc2c1. The maximum atomic E-state index is 5.30. The normalized spacial score (nSPS) is 12.2. The van der Waals surface area contributed by atoms with Gasteiger partial charge in [0.25, 0.3) is 0 Å². The number of para-hydroxylation sites is 1. The van der Waals surface area contributed by atoms with Crippen LogP contribution in [0.3, 0.4) is 0 Å². The predicted molar refractivity (Wildman–Crippen MR) is 178 cm³/mol. The third kappa shape index (κ3) is 4.73. The molecule has 0 unspecified atom stereocenters. The van der Waals surface area contributed by atoms with Gasteiger partial charge >= 0.3 is 0 Å². The van der Waals surface area contributed by atoms with Gasteiger partial charge in [0.05, 0.1) is 15.9 Å². The maximum absolute atomic E-state index is 5.30. The van der Waals surface area contributed by atoms with Crippen LogP contribution < -0.4 is 0 Å². The Labute approximate surface area is 244 Å². The summed E-state index contributed by atoms with van der Waals surface area (Å²) < 4.78 is 1.20. The van der Waals surface area contributed by atoms with E-state index in [1.807, 2.05) is 12.3 Å². The van der Waals surface area contributed by atoms with E-state index in [0.717, 1.165) is 27.3 Å². The fraction of sp³-hybridized carbons (Fsp3) is 0.105. The summed E-state index contributed by atoms with van der Waals surface area (Å²) in [5.74, 6) is 0. The molecule has 198 valence electrons. The molecule has 0 spiro atoms. The summed E-state index contributed by atoms with van der Waals surface area (Å²) in [6.07, 6.45) is 1.98. The molecule has 1 aromatic heterocycles. The van der Waals surface area contributed by atoms with E-state index < -0.39 is 0 Å². The van der Waals surface area contributed by atoms with Gasteiger partial charge in [-0.25, -0.2) is 4.98 Å². The first kappa shape index (κ1) is 25.4. The zero-order valence-corrected chi connectivity index (χ0v) is 24.2. The summed E-state index contributed by atoms with van der Waals surface area (Å²) in [5.41, 5.74) is 7.84. The highest BCUT2D eigenvalue weighted by Crippen LogP contribution is 2.43. The second-order valence-corrected chi connectivity index (χ2v) is 12.5. The van der Waals surface area contributed by atoms with Crippen molar-refractivity contribution in [2.45, 2.75) is 26.2 Å². The van der Waals surface area contributed by atoms with E-state index in [2.05, 4.69) is 136 Å². The Hall–Kier alpha value is -4.60. The molecular weight excluding hydrogens is 516 g/mol. The molecular formula is C38H30N2S. The van der Waals surface area contributed by atoms with Crippen LogP contribution in [0.2, 0.25) is 0 Å². The lowest BCUT2D eigenvalue weighted by molar-refractivity contribution is 0.591. The van der Waals surface area contributed by atoms with Gasteiger partial charge in [0.15, 0.2) is 0 Å². The Bertz CT molecular complexity index is 2080. The third-order valence-corrected chi connectivity index (χ3v) is 8.78. The van der Waals surface area contributed by atoms with Crippen LogP contribution in [0.15, 0.2) is 126 Å². The minimum absolute atomic E-state index is 0.0122. The lowest BCUT2D eigenvalue weighted by atomic mass is 9.84. The minimum atomic E-state index is 0.0122. The number of hydrogen-bond donors (Lipinski definition) is 0. The molecule has 6 aromatic carbocycles. The Morgan fingerprint density at radius 1 is 0.634 bits per heavy atom. The summed E-state index contributed by atoms with van der Waals surface area (Å²) in [6, 6.07) is 43.0. The van der Waals surface area contributed by atoms with Crippen LogP contribution in [0.1, 0.15) is 31.9 Å². The maximum Gasteiger partial charge on any atom is 0.126 e. The monoisotopic (exact) mass is 546 g/mol. The molecule has 0 radical (unpaired) electrons. The molecule has 0 aliphatic rings. The second-order valence-electron chi connectivity index (χ2n) is 11.5. The Morgan fingerprint density at radius 2 is 1.27 bits per heavy atom. The van der Waals surface area contributed by atoms with E-state index in [1.54, 1.807) is 11.3 Å². The largest absolute Gasteiger partial charge is 0.256 e. The number of nitrogens with zero attached hydrogens (tertiary/aromatic N) is 2. The number of thiazole rings is 1. The van der Waals surface area contributed by atoms with Gasteiger partial charge in [-0.15, -0.1) is 11.3 Å². The number of fused-ring (bicyclic) bond motifs is 3. The standard InChI is InChI=1S/C38H30N2S/c1-38(2,3)28-22-33(31-20-11-15-26-13-5-7-18-30(26)31)36-35(23-28)41-37(40-36)32-19-8-9-21-34(32)39-24-27-16-10-14-25-12-4-6-17-29(25)27/h4-24H,1-3H3. The van der Waals surface area contributed by atoms with Crippen molar-refractivity contribution in [3.63, 3.8) is 0 Å². The van der Waals surface area contributed by atoms with Crippen molar-refractivity contribution >= 4 is 55.0 Å². The highest BCUT2D eigenvalue weighted by molar-refractivity contribution is 7.21. The minimum Gasteiger partial charge on any atom is -0.256 e. The zero-order valence-electron chi connectivity index (χ0n) is 23.4. The summed E-state index contributed by atoms with van der Waals surface area (Å²) in [7, 11) is 0. The van der Waals surface area contributed by atoms with Gasteiger partial charge in [-0.2, -0.15) is 0 Å². The van der Waals surface area contributed by atoms with Crippen molar-refractivity contribution in [1.29, 1.82) is 0 Å². The summed E-state index contributed by atoms with van der Waals surface area (Å²) >= 11 is 1.75. The molecule has 0 aliphatic carbocycles. The van der Waals surface area contributed by atoms with Crippen LogP contribution in [0, 0.1) is 0 Å². The molecule has 7 rings (SSSR count). The van der Waals surface area contributed by atoms with Gasteiger partial charge in [0, 0.05) is 22.9 Å². The lowest BCUT2D eigenvalue weighted by Crippen LogP contribution is -2.11. The van der Waals surface area contributed by atoms with Gasteiger partial charge in [-0.05, 0) is 62.4 Å². The number of aromatic nitrogens is 1. The molecule has 41 heavy (non-hydrogen) atoms. The highest BCUT2D eigenvalue weighted by atomic mass is 32.1. The van der Waals surface area contributed by atoms with Gasteiger partial charge in [-0.3, -0.25) is 4.99 Å². The van der Waals surface area contributed by atoms with E-state index in [0.29, 0.717) is 0 Å². The zero-order chi connectivity index (χ0) is 28.0. The molecule has 0 bridgehead atoms. The van der Waals surface area contributed by atoms with Crippen molar-refractivity contribution in [3.8, 4) is 21.7 Å². The molecule has 0 aliphatic heterocycles. The van der Waals surface area contributed by atoms with Crippen molar-refractivity contribution < 1.29 is 0 Å². The van der Waals surface area contributed by atoms with Crippen LogP contribution in [-0.4, -0.2) is 11.2 Å². The van der Waals surface area contributed by atoms with E-state index in [-0.39, 0.29) is 5.41 Å². The Balaban J connectivity index is 1.40. The summed E-state index contributed by atoms with van der Waals surface area (Å²) in [4.78, 5) is 10.3. The van der Waals surface area contributed by atoms with Gasteiger partial charge < -0.3 is 0 Å². The third-order valence-electron chi connectivity index (χ3n) is 7.74. The smallest absolute Gasteiger partial charge is 0.126 e. The predicted octanol–water partition coefficient (Wildman–Crippen LogP) is 11.0.